The van der Waals surface area contributed by atoms with Gasteiger partial charge in [-0.15, -0.1) is 0 Å². The van der Waals surface area contributed by atoms with Crippen molar-refractivity contribution in [3.63, 3.8) is 0 Å². The highest BCUT2D eigenvalue weighted by Crippen LogP contribution is 2.26. The van der Waals surface area contributed by atoms with E-state index in [9.17, 15) is 5.11 Å². The number of nitrogens with zero attached hydrogens (tertiary/aromatic N) is 3. The second-order valence-corrected chi connectivity index (χ2v) is 5.30. The first-order chi connectivity index (χ1) is 9.79. The van der Waals surface area contributed by atoms with Crippen molar-refractivity contribution in [3.05, 3.63) is 47.2 Å². The summed E-state index contributed by atoms with van der Waals surface area (Å²) in [5.74, 6) is 0. The van der Waals surface area contributed by atoms with Crippen LogP contribution in [0.4, 0.5) is 0 Å². The zero-order chi connectivity index (χ0) is 13.9. The van der Waals surface area contributed by atoms with Crippen LogP contribution in [0.1, 0.15) is 30.9 Å². The van der Waals surface area contributed by atoms with E-state index in [0.717, 1.165) is 38.0 Å². The molecule has 0 bridgehead atoms. The summed E-state index contributed by atoms with van der Waals surface area (Å²) in [6.07, 6.45) is 5.98. The summed E-state index contributed by atoms with van der Waals surface area (Å²) in [6, 6.07) is 8.54. The van der Waals surface area contributed by atoms with Crippen LogP contribution in [0, 0.1) is 0 Å². The zero-order valence-corrected chi connectivity index (χ0v) is 11.9. The molecule has 20 heavy (non-hydrogen) atoms. The SMILES string of the molecule is CCCC1=CC=N[C@H](O)N1N1CCc2ccccc2C1. The van der Waals surface area contributed by atoms with Crippen LogP contribution in [0.5, 0.6) is 0 Å². The van der Waals surface area contributed by atoms with Crippen molar-refractivity contribution in [2.75, 3.05) is 6.54 Å². The quantitative estimate of drug-likeness (QED) is 0.917. The van der Waals surface area contributed by atoms with Crippen molar-refractivity contribution in [2.45, 2.75) is 39.1 Å². The molecular formula is C16H21N3O. The average molecular weight is 271 g/mol. The van der Waals surface area contributed by atoms with E-state index < -0.39 is 6.35 Å². The average Bonchev–Trinajstić information content (AvgIpc) is 2.47. The second-order valence-electron chi connectivity index (χ2n) is 5.30. The highest BCUT2D eigenvalue weighted by molar-refractivity contribution is 5.73. The summed E-state index contributed by atoms with van der Waals surface area (Å²) in [5, 5.41) is 14.4. The van der Waals surface area contributed by atoms with Gasteiger partial charge in [-0.25, -0.2) is 10.0 Å². The molecule has 2 aliphatic rings. The van der Waals surface area contributed by atoms with Gasteiger partial charge in [-0.05, 0) is 30.0 Å². The Morgan fingerprint density at radius 3 is 2.90 bits per heavy atom. The lowest BCUT2D eigenvalue weighted by Crippen LogP contribution is -2.50. The molecule has 0 aliphatic carbocycles. The lowest BCUT2D eigenvalue weighted by molar-refractivity contribution is -0.121. The summed E-state index contributed by atoms with van der Waals surface area (Å²) < 4.78 is 0. The monoisotopic (exact) mass is 271 g/mol. The zero-order valence-electron chi connectivity index (χ0n) is 11.9. The van der Waals surface area contributed by atoms with E-state index in [2.05, 4.69) is 41.2 Å². The minimum atomic E-state index is -0.785. The van der Waals surface area contributed by atoms with Gasteiger partial charge in [0.15, 0.2) is 0 Å². The number of aliphatic hydroxyl groups excluding tert-OH is 1. The number of benzene rings is 1. The molecule has 0 saturated heterocycles. The van der Waals surface area contributed by atoms with Gasteiger partial charge in [-0.2, -0.15) is 0 Å². The van der Waals surface area contributed by atoms with Crippen LogP contribution in [0.25, 0.3) is 0 Å². The van der Waals surface area contributed by atoms with Crippen molar-refractivity contribution < 1.29 is 5.11 Å². The molecule has 0 saturated carbocycles. The first kappa shape index (κ1) is 13.3. The molecule has 4 nitrogen and oxygen atoms in total. The molecule has 0 radical (unpaired) electrons. The van der Waals surface area contributed by atoms with Crippen LogP contribution in [-0.2, 0) is 13.0 Å². The molecule has 0 unspecified atom stereocenters. The number of hydrogen-bond donors (Lipinski definition) is 1. The Kier molecular flexibility index (Phi) is 3.85. The summed E-state index contributed by atoms with van der Waals surface area (Å²) >= 11 is 0. The van der Waals surface area contributed by atoms with Crippen LogP contribution >= 0.6 is 0 Å². The number of hydrogen-bond acceptors (Lipinski definition) is 4. The minimum absolute atomic E-state index is 0.785. The van der Waals surface area contributed by atoms with Crippen molar-refractivity contribution in [3.8, 4) is 0 Å². The molecule has 2 aliphatic heterocycles. The molecule has 0 amide bonds. The Morgan fingerprint density at radius 1 is 1.30 bits per heavy atom. The van der Waals surface area contributed by atoms with Crippen molar-refractivity contribution in [1.82, 2.24) is 10.0 Å². The van der Waals surface area contributed by atoms with E-state index >= 15 is 0 Å². The Hall–Kier alpha value is -1.65. The molecule has 4 heteroatoms. The van der Waals surface area contributed by atoms with Gasteiger partial charge in [-0.3, -0.25) is 5.01 Å². The largest absolute Gasteiger partial charge is 0.354 e. The van der Waals surface area contributed by atoms with Gasteiger partial charge in [-0.1, -0.05) is 37.6 Å². The normalized spacial score (nSPS) is 22.6. The van der Waals surface area contributed by atoms with E-state index in [1.165, 1.54) is 11.1 Å². The topological polar surface area (TPSA) is 39.1 Å². The fourth-order valence-electron chi connectivity index (χ4n) is 2.94. The molecule has 106 valence electrons. The van der Waals surface area contributed by atoms with Gasteiger partial charge in [0.2, 0.25) is 6.35 Å². The Morgan fingerprint density at radius 2 is 2.10 bits per heavy atom. The number of fused-ring (bicyclic) bond motifs is 1. The Balaban J connectivity index is 1.82. The van der Waals surface area contributed by atoms with Crippen LogP contribution in [-0.4, -0.2) is 34.2 Å². The lowest BCUT2D eigenvalue weighted by atomic mass is 10.0. The van der Waals surface area contributed by atoms with Crippen molar-refractivity contribution in [2.24, 2.45) is 4.99 Å². The van der Waals surface area contributed by atoms with Crippen LogP contribution in [0.15, 0.2) is 41.0 Å². The minimum Gasteiger partial charge on any atom is -0.354 e. The first-order valence-corrected chi connectivity index (χ1v) is 7.31. The van der Waals surface area contributed by atoms with E-state index in [1.807, 2.05) is 11.1 Å². The molecule has 0 aromatic heterocycles. The number of aliphatic imine (C=N–C) groups is 1. The van der Waals surface area contributed by atoms with Crippen molar-refractivity contribution >= 4 is 6.21 Å². The summed E-state index contributed by atoms with van der Waals surface area (Å²) in [7, 11) is 0. The van der Waals surface area contributed by atoms with Gasteiger partial charge in [0.1, 0.15) is 0 Å². The molecule has 3 rings (SSSR count). The van der Waals surface area contributed by atoms with Crippen LogP contribution in [0.2, 0.25) is 0 Å². The first-order valence-electron chi connectivity index (χ1n) is 7.31. The summed E-state index contributed by atoms with van der Waals surface area (Å²) in [6.45, 7) is 3.91. The van der Waals surface area contributed by atoms with Gasteiger partial charge >= 0.3 is 0 Å². The van der Waals surface area contributed by atoms with Gasteiger partial charge in [0, 0.05) is 25.0 Å². The van der Waals surface area contributed by atoms with E-state index in [0.29, 0.717) is 0 Å². The molecule has 1 aromatic rings. The van der Waals surface area contributed by atoms with Gasteiger partial charge < -0.3 is 5.11 Å². The fraction of sp³-hybridized carbons (Fsp3) is 0.438. The van der Waals surface area contributed by atoms with Crippen LogP contribution < -0.4 is 0 Å². The molecule has 1 N–H and O–H groups in total. The Bertz CT molecular complexity index is 538. The smallest absolute Gasteiger partial charge is 0.239 e. The van der Waals surface area contributed by atoms with Gasteiger partial charge in [0.05, 0.1) is 0 Å². The maximum Gasteiger partial charge on any atom is 0.239 e. The maximum atomic E-state index is 10.2. The number of rotatable bonds is 3. The maximum absolute atomic E-state index is 10.2. The predicted molar refractivity (Wildman–Crippen MR) is 79.9 cm³/mol. The Labute approximate surface area is 120 Å². The number of allylic oxidation sites excluding steroid dienone is 2. The molecular weight excluding hydrogens is 250 g/mol. The molecule has 0 spiro atoms. The molecule has 2 heterocycles. The van der Waals surface area contributed by atoms with Gasteiger partial charge in [0.25, 0.3) is 0 Å². The third kappa shape index (κ3) is 2.49. The highest BCUT2D eigenvalue weighted by atomic mass is 16.3. The lowest BCUT2D eigenvalue weighted by Gasteiger charge is -2.42. The van der Waals surface area contributed by atoms with E-state index in [4.69, 9.17) is 0 Å². The molecule has 1 atom stereocenters. The molecule has 1 aromatic carbocycles. The third-order valence-electron chi connectivity index (χ3n) is 3.92. The highest BCUT2D eigenvalue weighted by Gasteiger charge is 2.28. The number of aliphatic hydroxyl groups is 1. The molecule has 0 fully saturated rings. The van der Waals surface area contributed by atoms with E-state index in [-0.39, 0.29) is 0 Å². The standard InChI is InChI=1S/C16H21N3O/c1-2-5-15-8-10-17-16(20)19(15)18-11-9-13-6-3-4-7-14(13)12-18/h3-4,6-8,10,16,20H,2,5,9,11-12H2,1H3/t16-/m0/s1. The number of hydrazine groups is 1. The predicted octanol–water partition coefficient (Wildman–Crippen LogP) is 2.31. The summed E-state index contributed by atoms with van der Waals surface area (Å²) in [4.78, 5) is 4.11. The fourth-order valence-corrected chi connectivity index (χ4v) is 2.94. The summed E-state index contributed by atoms with van der Waals surface area (Å²) in [5.41, 5.74) is 3.91. The third-order valence-corrected chi connectivity index (χ3v) is 3.92. The van der Waals surface area contributed by atoms with Crippen molar-refractivity contribution in [1.29, 1.82) is 0 Å². The second kappa shape index (κ2) is 5.77. The van der Waals surface area contributed by atoms with E-state index in [1.54, 1.807) is 6.21 Å². The van der Waals surface area contributed by atoms with Crippen LogP contribution in [0.3, 0.4) is 0 Å².